The van der Waals surface area contributed by atoms with E-state index in [9.17, 15) is 0 Å². The first-order valence-corrected chi connectivity index (χ1v) is 8.33. The van der Waals surface area contributed by atoms with Crippen molar-refractivity contribution in [2.45, 2.75) is 26.7 Å². The smallest absolute Gasteiger partial charge is 0.216 e. The molecule has 0 radical (unpaired) electrons. The molecular weight excluding hydrogens is 296 g/mol. The van der Waals surface area contributed by atoms with Crippen molar-refractivity contribution in [3.05, 3.63) is 59.9 Å². The molecule has 0 spiro atoms. The number of hydrogen-bond donors (Lipinski definition) is 0. The van der Waals surface area contributed by atoms with E-state index in [2.05, 4.69) is 73.9 Å². The van der Waals surface area contributed by atoms with Gasteiger partial charge in [0.15, 0.2) is 11.8 Å². The fraction of sp³-hybridized carbons (Fsp3) is 0.238. The summed E-state index contributed by atoms with van der Waals surface area (Å²) in [6.07, 6.45) is 4.00. The minimum Gasteiger partial charge on any atom is -0.453 e. The topological polar surface area (TPSA) is 29.9 Å². The summed E-state index contributed by atoms with van der Waals surface area (Å²) >= 11 is 0. The van der Waals surface area contributed by atoms with E-state index in [-0.39, 0.29) is 0 Å². The van der Waals surface area contributed by atoms with E-state index >= 15 is 0 Å². The van der Waals surface area contributed by atoms with E-state index in [0.717, 1.165) is 38.9 Å². The fourth-order valence-electron chi connectivity index (χ4n) is 3.39. The maximum absolute atomic E-state index is 6.39. The Labute approximate surface area is 141 Å². The summed E-state index contributed by atoms with van der Waals surface area (Å²) in [7, 11) is 2.06. The molecule has 0 aliphatic heterocycles. The normalized spacial score (nSPS) is 11.7. The van der Waals surface area contributed by atoms with Crippen molar-refractivity contribution >= 4 is 22.1 Å². The number of nitrogens with zero attached hydrogens (tertiary/aromatic N) is 2. The first kappa shape index (κ1) is 14.9. The molecule has 0 saturated carbocycles. The molecule has 0 N–H and O–H groups in total. The summed E-state index contributed by atoms with van der Waals surface area (Å²) in [5, 5.41) is 1.09. The fourth-order valence-corrected chi connectivity index (χ4v) is 3.39. The van der Waals surface area contributed by atoms with Crippen LogP contribution in [0.2, 0.25) is 0 Å². The van der Waals surface area contributed by atoms with Gasteiger partial charge in [0.05, 0.1) is 5.56 Å². The molecule has 0 aliphatic carbocycles. The third kappa shape index (κ3) is 2.12. The van der Waals surface area contributed by atoms with Crippen LogP contribution in [-0.4, -0.2) is 4.98 Å². The summed E-state index contributed by atoms with van der Waals surface area (Å²) < 4.78 is 8.51. The number of rotatable bonds is 2. The Morgan fingerprint density at radius 3 is 2.62 bits per heavy atom. The molecule has 0 bridgehead atoms. The molecule has 1 aromatic carbocycles. The second-order valence-electron chi connectivity index (χ2n) is 6.67. The third-order valence-corrected chi connectivity index (χ3v) is 4.66. The number of pyridine rings is 2. The molecule has 4 rings (SSSR count). The maximum Gasteiger partial charge on any atom is 0.216 e. The largest absolute Gasteiger partial charge is 0.453 e. The van der Waals surface area contributed by atoms with E-state index in [0.29, 0.717) is 5.92 Å². The van der Waals surface area contributed by atoms with Crippen molar-refractivity contribution in [1.82, 2.24) is 4.98 Å². The summed E-state index contributed by atoms with van der Waals surface area (Å²) in [4.78, 5) is 4.68. The molecule has 3 aromatic heterocycles. The predicted octanol–water partition coefficient (Wildman–Crippen LogP) is 4.90. The molecule has 0 saturated heterocycles. The van der Waals surface area contributed by atoms with Crippen LogP contribution < -0.4 is 4.57 Å². The average molecular weight is 317 g/mol. The number of aryl methyl sites for hydroxylation is 2. The molecule has 0 aliphatic rings. The van der Waals surface area contributed by atoms with Crippen molar-refractivity contribution in [3.8, 4) is 11.3 Å². The maximum atomic E-state index is 6.39. The molecule has 0 atom stereocenters. The number of hydrogen-bond acceptors (Lipinski definition) is 2. The van der Waals surface area contributed by atoms with Crippen LogP contribution in [0.5, 0.6) is 0 Å². The minimum absolute atomic E-state index is 0.409. The highest BCUT2D eigenvalue weighted by atomic mass is 16.3. The Morgan fingerprint density at radius 1 is 1.04 bits per heavy atom. The SMILES string of the molecule is Cc1cnc2c(oc3c(C(C)C)cccc32)c1-c1cccc[n+]1C. The van der Waals surface area contributed by atoms with Gasteiger partial charge in [-0.3, -0.25) is 4.98 Å². The highest BCUT2D eigenvalue weighted by Gasteiger charge is 2.22. The van der Waals surface area contributed by atoms with Gasteiger partial charge in [-0.2, -0.15) is 0 Å². The van der Waals surface area contributed by atoms with E-state index in [4.69, 9.17) is 4.42 Å². The van der Waals surface area contributed by atoms with Gasteiger partial charge in [0.2, 0.25) is 5.69 Å². The van der Waals surface area contributed by atoms with Gasteiger partial charge in [-0.1, -0.05) is 26.0 Å². The Balaban J connectivity index is 2.15. The Bertz CT molecular complexity index is 1060. The molecule has 3 heteroatoms. The van der Waals surface area contributed by atoms with Crippen LogP contribution in [0, 0.1) is 6.92 Å². The van der Waals surface area contributed by atoms with E-state index in [1.807, 2.05) is 12.3 Å². The summed E-state index contributed by atoms with van der Waals surface area (Å²) in [6.45, 7) is 6.48. The van der Waals surface area contributed by atoms with Gasteiger partial charge < -0.3 is 4.42 Å². The zero-order valence-electron chi connectivity index (χ0n) is 14.5. The Morgan fingerprint density at radius 2 is 1.88 bits per heavy atom. The van der Waals surface area contributed by atoms with Crippen LogP contribution in [0.3, 0.4) is 0 Å². The highest BCUT2D eigenvalue weighted by molar-refractivity contribution is 6.08. The molecule has 24 heavy (non-hydrogen) atoms. The number of aromatic nitrogens is 2. The lowest BCUT2D eigenvalue weighted by atomic mass is 10.0. The molecule has 3 nitrogen and oxygen atoms in total. The molecule has 120 valence electrons. The van der Waals surface area contributed by atoms with E-state index in [1.54, 1.807) is 0 Å². The highest BCUT2D eigenvalue weighted by Crippen LogP contribution is 2.37. The first-order chi connectivity index (χ1) is 11.6. The van der Waals surface area contributed by atoms with Crippen molar-refractivity contribution in [3.63, 3.8) is 0 Å². The van der Waals surface area contributed by atoms with Crippen molar-refractivity contribution < 1.29 is 8.98 Å². The lowest BCUT2D eigenvalue weighted by Gasteiger charge is -2.05. The third-order valence-electron chi connectivity index (χ3n) is 4.66. The Hall–Kier alpha value is -2.68. The van der Waals surface area contributed by atoms with Crippen molar-refractivity contribution in [1.29, 1.82) is 0 Å². The standard InChI is InChI=1S/C21H21N2O/c1-13(2)15-8-7-9-16-19-21(24-20(15)16)18(14(3)12-22-19)17-10-5-6-11-23(17)4/h5-13H,1-4H3/q+1. The average Bonchev–Trinajstić information content (AvgIpc) is 2.94. The number of fused-ring (bicyclic) bond motifs is 3. The van der Waals surface area contributed by atoms with Crippen molar-refractivity contribution in [2.75, 3.05) is 0 Å². The second-order valence-corrected chi connectivity index (χ2v) is 6.67. The van der Waals surface area contributed by atoms with Gasteiger partial charge in [-0.25, -0.2) is 4.57 Å². The lowest BCUT2D eigenvalue weighted by Crippen LogP contribution is -2.30. The molecule has 4 aromatic rings. The number of para-hydroxylation sites is 1. The molecule has 0 unspecified atom stereocenters. The quantitative estimate of drug-likeness (QED) is 0.492. The van der Waals surface area contributed by atoms with Gasteiger partial charge in [0, 0.05) is 23.7 Å². The monoisotopic (exact) mass is 317 g/mol. The molecule has 3 heterocycles. The Kier molecular flexibility index (Phi) is 3.38. The van der Waals surface area contributed by atoms with Gasteiger partial charge in [0.25, 0.3) is 0 Å². The zero-order chi connectivity index (χ0) is 16.8. The predicted molar refractivity (Wildman–Crippen MR) is 97.0 cm³/mol. The summed E-state index contributed by atoms with van der Waals surface area (Å²) in [5.41, 5.74) is 7.37. The van der Waals surface area contributed by atoms with E-state index < -0.39 is 0 Å². The zero-order valence-corrected chi connectivity index (χ0v) is 14.5. The molecule has 0 fully saturated rings. The number of furan rings is 1. The molecule has 0 amide bonds. The van der Waals surface area contributed by atoms with Crippen molar-refractivity contribution in [2.24, 2.45) is 7.05 Å². The molecular formula is C21H21N2O+. The van der Waals surface area contributed by atoms with Crippen LogP contribution in [0.4, 0.5) is 0 Å². The van der Waals surface area contributed by atoms with Gasteiger partial charge in [-0.05, 0) is 36.1 Å². The summed E-state index contributed by atoms with van der Waals surface area (Å²) in [5.74, 6) is 0.409. The summed E-state index contributed by atoms with van der Waals surface area (Å²) in [6, 6.07) is 12.6. The van der Waals surface area contributed by atoms with Crippen LogP contribution in [0.25, 0.3) is 33.3 Å². The lowest BCUT2D eigenvalue weighted by molar-refractivity contribution is -0.660. The van der Waals surface area contributed by atoms with Crippen LogP contribution >= 0.6 is 0 Å². The van der Waals surface area contributed by atoms with Gasteiger partial charge in [0.1, 0.15) is 18.1 Å². The number of benzene rings is 1. The van der Waals surface area contributed by atoms with Crippen LogP contribution in [-0.2, 0) is 7.05 Å². The van der Waals surface area contributed by atoms with E-state index in [1.165, 1.54) is 5.56 Å². The van der Waals surface area contributed by atoms with Crippen LogP contribution in [0.15, 0.2) is 53.2 Å². The second kappa shape index (κ2) is 5.45. The van der Waals surface area contributed by atoms with Crippen LogP contribution in [0.1, 0.15) is 30.9 Å². The van der Waals surface area contributed by atoms with Gasteiger partial charge in [-0.15, -0.1) is 0 Å². The minimum atomic E-state index is 0.409. The first-order valence-electron chi connectivity index (χ1n) is 8.33. The van der Waals surface area contributed by atoms with Gasteiger partial charge >= 0.3 is 0 Å².